The SMILES string of the molecule is COCC(=O)C(CCCC(=O)O)C(=O)O. The number of ether oxygens (including phenoxy) is 1. The quantitative estimate of drug-likeness (QED) is 0.562. The fourth-order valence-electron chi connectivity index (χ4n) is 1.12. The number of carboxylic acids is 2. The third-order valence-electron chi connectivity index (χ3n) is 1.86. The highest BCUT2D eigenvalue weighted by Gasteiger charge is 2.25. The van der Waals surface area contributed by atoms with Crippen LogP contribution < -0.4 is 0 Å². The Morgan fingerprint density at radius 1 is 1.27 bits per heavy atom. The minimum Gasteiger partial charge on any atom is -0.481 e. The van der Waals surface area contributed by atoms with E-state index in [2.05, 4.69) is 4.74 Å². The van der Waals surface area contributed by atoms with Crippen molar-refractivity contribution in [1.82, 2.24) is 0 Å². The molecule has 0 aromatic heterocycles. The number of aliphatic carboxylic acids is 2. The zero-order valence-electron chi connectivity index (χ0n) is 8.43. The van der Waals surface area contributed by atoms with Gasteiger partial charge in [0.25, 0.3) is 0 Å². The molecule has 15 heavy (non-hydrogen) atoms. The number of hydrogen-bond donors (Lipinski definition) is 2. The monoisotopic (exact) mass is 218 g/mol. The van der Waals surface area contributed by atoms with E-state index >= 15 is 0 Å². The zero-order valence-corrected chi connectivity index (χ0v) is 8.43. The van der Waals surface area contributed by atoms with Crippen LogP contribution in [0.25, 0.3) is 0 Å². The van der Waals surface area contributed by atoms with Crippen molar-refractivity contribution in [2.45, 2.75) is 19.3 Å². The molecule has 1 atom stereocenters. The van der Waals surface area contributed by atoms with Crippen LogP contribution >= 0.6 is 0 Å². The van der Waals surface area contributed by atoms with Gasteiger partial charge in [0.15, 0.2) is 5.78 Å². The average molecular weight is 218 g/mol. The summed E-state index contributed by atoms with van der Waals surface area (Å²) < 4.78 is 4.53. The van der Waals surface area contributed by atoms with Crippen molar-refractivity contribution in [2.24, 2.45) is 5.92 Å². The molecule has 0 aliphatic carbocycles. The van der Waals surface area contributed by atoms with Crippen LogP contribution in [0.2, 0.25) is 0 Å². The Kier molecular flexibility index (Phi) is 6.28. The molecule has 0 rings (SSSR count). The van der Waals surface area contributed by atoms with Crippen LogP contribution in [0.5, 0.6) is 0 Å². The van der Waals surface area contributed by atoms with Crippen LogP contribution in [-0.4, -0.2) is 41.7 Å². The van der Waals surface area contributed by atoms with Crippen molar-refractivity contribution >= 4 is 17.7 Å². The highest BCUT2D eigenvalue weighted by molar-refractivity contribution is 5.98. The van der Waals surface area contributed by atoms with Gasteiger partial charge < -0.3 is 14.9 Å². The predicted octanol–water partition coefficient (Wildman–Crippen LogP) is 0.158. The second-order valence-electron chi connectivity index (χ2n) is 3.08. The Morgan fingerprint density at radius 2 is 1.87 bits per heavy atom. The molecule has 0 spiro atoms. The van der Waals surface area contributed by atoms with Gasteiger partial charge in [0.05, 0.1) is 0 Å². The molecule has 6 heteroatoms. The van der Waals surface area contributed by atoms with E-state index in [-0.39, 0.29) is 25.9 Å². The van der Waals surface area contributed by atoms with Gasteiger partial charge in [0.1, 0.15) is 12.5 Å². The van der Waals surface area contributed by atoms with Crippen molar-refractivity contribution < 1.29 is 29.3 Å². The second kappa shape index (κ2) is 6.94. The van der Waals surface area contributed by atoms with E-state index in [1.54, 1.807) is 0 Å². The lowest BCUT2D eigenvalue weighted by atomic mass is 9.98. The summed E-state index contributed by atoms with van der Waals surface area (Å²) in [6.07, 6.45) is 0.0651. The van der Waals surface area contributed by atoms with Crippen molar-refractivity contribution in [3.63, 3.8) is 0 Å². The summed E-state index contributed by atoms with van der Waals surface area (Å²) in [7, 11) is 1.30. The van der Waals surface area contributed by atoms with Crippen molar-refractivity contribution in [2.75, 3.05) is 13.7 Å². The normalized spacial score (nSPS) is 12.1. The fourth-order valence-corrected chi connectivity index (χ4v) is 1.12. The Balaban J connectivity index is 4.10. The first-order valence-electron chi connectivity index (χ1n) is 4.45. The maximum Gasteiger partial charge on any atom is 0.314 e. The average Bonchev–Trinajstić information content (AvgIpc) is 2.11. The number of rotatable bonds is 8. The van der Waals surface area contributed by atoms with E-state index in [9.17, 15) is 14.4 Å². The molecular formula is C9H14O6. The van der Waals surface area contributed by atoms with Crippen LogP contribution in [0, 0.1) is 5.92 Å². The fraction of sp³-hybridized carbons (Fsp3) is 0.667. The van der Waals surface area contributed by atoms with Crippen LogP contribution in [0.1, 0.15) is 19.3 Å². The molecule has 0 aliphatic heterocycles. The summed E-state index contributed by atoms with van der Waals surface area (Å²) in [5, 5.41) is 17.1. The number of carbonyl (C=O) groups excluding carboxylic acids is 1. The topological polar surface area (TPSA) is 101 Å². The molecule has 6 nitrogen and oxygen atoms in total. The molecule has 0 saturated carbocycles. The first-order valence-corrected chi connectivity index (χ1v) is 4.45. The van der Waals surface area contributed by atoms with Crippen molar-refractivity contribution in [3.8, 4) is 0 Å². The van der Waals surface area contributed by atoms with E-state index < -0.39 is 23.6 Å². The Morgan fingerprint density at radius 3 is 2.27 bits per heavy atom. The van der Waals surface area contributed by atoms with Crippen LogP contribution in [-0.2, 0) is 19.1 Å². The van der Waals surface area contributed by atoms with Gasteiger partial charge in [0, 0.05) is 13.5 Å². The number of carboxylic acid groups (broad SMARTS) is 2. The third kappa shape index (κ3) is 5.79. The molecule has 0 saturated heterocycles. The molecule has 0 aliphatic rings. The van der Waals surface area contributed by atoms with Gasteiger partial charge in [0.2, 0.25) is 0 Å². The standard InChI is InChI=1S/C9H14O6/c1-15-5-7(10)6(9(13)14)3-2-4-8(11)12/h6H,2-5H2,1H3,(H,11,12)(H,13,14). The molecule has 0 aromatic carbocycles. The smallest absolute Gasteiger partial charge is 0.314 e. The van der Waals surface area contributed by atoms with Crippen LogP contribution in [0.15, 0.2) is 0 Å². The molecule has 0 amide bonds. The van der Waals surface area contributed by atoms with Crippen LogP contribution in [0.3, 0.4) is 0 Å². The Labute approximate surface area is 86.8 Å². The maximum absolute atomic E-state index is 11.2. The minimum atomic E-state index is -1.23. The van der Waals surface area contributed by atoms with Gasteiger partial charge >= 0.3 is 11.9 Å². The minimum absolute atomic E-state index is 0.0316. The molecule has 0 fully saturated rings. The van der Waals surface area contributed by atoms with Gasteiger partial charge in [-0.25, -0.2) is 0 Å². The molecule has 0 radical (unpaired) electrons. The lowest BCUT2D eigenvalue weighted by Gasteiger charge is -2.09. The van der Waals surface area contributed by atoms with E-state index in [1.807, 2.05) is 0 Å². The predicted molar refractivity (Wildman–Crippen MR) is 49.5 cm³/mol. The van der Waals surface area contributed by atoms with Crippen LogP contribution in [0.4, 0.5) is 0 Å². The summed E-state index contributed by atoms with van der Waals surface area (Å²) in [6, 6.07) is 0. The molecular weight excluding hydrogens is 204 g/mol. The Hall–Kier alpha value is -1.43. The largest absolute Gasteiger partial charge is 0.481 e. The third-order valence-corrected chi connectivity index (χ3v) is 1.86. The molecule has 0 aromatic rings. The number of methoxy groups -OCH3 is 1. The number of hydrogen-bond acceptors (Lipinski definition) is 4. The van der Waals surface area contributed by atoms with Gasteiger partial charge in [-0.15, -0.1) is 0 Å². The second-order valence-corrected chi connectivity index (χ2v) is 3.08. The number of ketones is 1. The van der Waals surface area contributed by atoms with E-state index in [0.717, 1.165) is 0 Å². The molecule has 0 bridgehead atoms. The van der Waals surface area contributed by atoms with Gasteiger partial charge in [-0.3, -0.25) is 14.4 Å². The van der Waals surface area contributed by atoms with Gasteiger partial charge in [-0.2, -0.15) is 0 Å². The number of Topliss-reactive ketones (excluding diaryl/α,β-unsaturated/α-hetero) is 1. The molecule has 86 valence electrons. The van der Waals surface area contributed by atoms with E-state index in [4.69, 9.17) is 10.2 Å². The zero-order chi connectivity index (χ0) is 11.8. The molecule has 1 unspecified atom stereocenters. The summed E-state index contributed by atoms with van der Waals surface area (Å²) in [5.41, 5.74) is 0. The highest BCUT2D eigenvalue weighted by atomic mass is 16.5. The summed E-state index contributed by atoms with van der Waals surface area (Å²) in [6.45, 7) is -0.260. The summed E-state index contributed by atoms with van der Waals surface area (Å²) in [4.78, 5) is 32.1. The van der Waals surface area contributed by atoms with Crippen molar-refractivity contribution in [3.05, 3.63) is 0 Å². The Bertz CT molecular complexity index is 247. The lowest BCUT2D eigenvalue weighted by molar-refractivity contribution is -0.148. The summed E-state index contributed by atoms with van der Waals surface area (Å²) in [5.74, 6) is -3.93. The summed E-state index contributed by atoms with van der Waals surface area (Å²) >= 11 is 0. The first-order chi connectivity index (χ1) is 6.99. The van der Waals surface area contributed by atoms with E-state index in [0.29, 0.717) is 0 Å². The highest BCUT2D eigenvalue weighted by Crippen LogP contribution is 2.10. The van der Waals surface area contributed by atoms with Gasteiger partial charge in [-0.1, -0.05) is 0 Å². The van der Waals surface area contributed by atoms with Gasteiger partial charge in [-0.05, 0) is 12.8 Å². The van der Waals surface area contributed by atoms with E-state index in [1.165, 1.54) is 7.11 Å². The maximum atomic E-state index is 11.2. The van der Waals surface area contributed by atoms with Crippen molar-refractivity contribution in [1.29, 1.82) is 0 Å². The molecule has 0 heterocycles. The number of carbonyl (C=O) groups is 3. The molecule has 2 N–H and O–H groups in total. The first kappa shape index (κ1) is 13.6. The lowest BCUT2D eigenvalue weighted by Crippen LogP contribution is -2.27.